The van der Waals surface area contributed by atoms with E-state index in [0.29, 0.717) is 13.0 Å². The molecule has 0 heterocycles. The number of benzene rings is 1. The van der Waals surface area contributed by atoms with Crippen LogP contribution in [0.25, 0.3) is 0 Å². The average Bonchev–Trinajstić information content (AvgIpc) is 2.29. The minimum Gasteiger partial charge on any atom is -0.352 e. The molecular weight excluding hydrogens is 262 g/mol. The molecule has 0 aliphatic heterocycles. The van der Waals surface area contributed by atoms with Gasteiger partial charge in [-0.05, 0) is 26.1 Å². The van der Waals surface area contributed by atoms with Crippen LogP contribution in [-0.4, -0.2) is 44.0 Å². The Bertz CT molecular complexity index is 357. The number of amides is 1. The van der Waals surface area contributed by atoms with E-state index in [9.17, 15) is 4.79 Å². The van der Waals surface area contributed by atoms with Gasteiger partial charge in [0, 0.05) is 25.6 Å². The molecule has 0 aliphatic rings. The lowest BCUT2D eigenvalue weighted by Crippen LogP contribution is -2.43. The molecule has 5 heteroatoms. The van der Waals surface area contributed by atoms with Crippen molar-refractivity contribution in [1.82, 2.24) is 10.2 Å². The highest BCUT2D eigenvalue weighted by Gasteiger charge is 2.13. The standard InChI is InChI=1S/C14H23N3O.ClH/c1-17(2)11-13(16-14(18)8-9-15)10-12-6-4-3-5-7-12;/h3-7,13H,8-11,15H2,1-2H3,(H,16,18);1H. The lowest BCUT2D eigenvalue weighted by atomic mass is 10.1. The summed E-state index contributed by atoms with van der Waals surface area (Å²) in [5.41, 5.74) is 6.62. The number of carbonyl (C=O) groups is 1. The lowest BCUT2D eigenvalue weighted by Gasteiger charge is -2.22. The van der Waals surface area contributed by atoms with Crippen LogP contribution in [0.2, 0.25) is 0 Å². The van der Waals surface area contributed by atoms with Crippen molar-refractivity contribution in [1.29, 1.82) is 0 Å². The van der Waals surface area contributed by atoms with E-state index in [1.807, 2.05) is 32.3 Å². The monoisotopic (exact) mass is 285 g/mol. The van der Waals surface area contributed by atoms with Crippen molar-refractivity contribution in [3.63, 3.8) is 0 Å². The molecule has 108 valence electrons. The van der Waals surface area contributed by atoms with Crippen molar-refractivity contribution < 1.29 is 4.79 Å². The van der Waals surface area contributed by atoms with Crippen molar-refractivity contribution >= 4 is 18.3 Å². The quantitative estimate of drug-likeness (QED) is 0.787. The number of carbonyl (C=O) groups excluding carboxylic acids is 1. The van der Waals surface area contributed by atoms with E-state index in [-0.39, 0.29) is 24.4 Å². The van der Waals surface area contributed by atoms with Gasteiger partial charge in [-0.1, -0.05) is 30.3 Å². The van der Waals surface area contributed by atoms with Crippen LogP contribution in [-0.2, 0) is 11.2 Å². The van der Waals surface area contributed by atoms with E-state index >= 15 is 0 Å². The Morgan fingerprint density at radius 3 is 2.47 bits per heavy atom. The summed E-state index contributed by atoms with van der Waals surface area (Å²) in [7, 11) is 4.01. The Hall–Kier alpha value is -1.10. The summed E-state index contributed by atoms with van der Waals surface area (Å²) in [6.45, 7) is 1.22. The zero-order valence-electron chi connectivity index (χ0n) is 11.6. The zero-order valence-corrected chi connectivity index (χ0v) is 12.5. The summed E-state index contributed by atoms with van der Waals surface area (Å²) in [5, 5.41) is 3.04. The number of nitrogens with two attached hydrogens (primary N) is 1. The molecule has 0 bridgehead atoms. The SMILES string of the molecule is CN(C)CC(Cc1ccccc1)NC(=O)CCN.Cl. The highest BCUT2D eigenvalue weighted by molar-refractivity contribution is 5.85. The molecule has 0 fully saturated rings. The Morgan fingerprint density at radius 1 is 1.32 bits per heavy atom. The molecule has 0 saturated carbocycles. The van der Waals surface area contributed by atoms with Crippen LogP contribution in [0.15, 0.2) is 30.3 Å². The van der Waals surface area contributed by atoms with Gasteiger partial charge in [-0.3, -0.25) is 4.79 Å². The van der Waals surface area contributed by atoms with Gasteiger partial charge in [-0.15, -0.1) is 12.4 Å². The van der Waals surface area contributed by atoms with Gasteiger partial charge < -0.3 is 16.0 Å². The van der Waals surface area contributed by atoms with E-state index < -0.39 is 0 Å². The second-order valence-electron chi connectivity index (χ2n) is 4.76. The van der Waals surface area contributed by atoms with E-state index in [2.05, 4.69) is 22.3 Å². The van der Waals surface area contributed by atoms with Crippen molar-refractivity contribution in [2.24, 2.45) is 5.73 Å². The van der Waals surface area contributed by atoms with Crippen LogP contribution >= 0.6 is 12.4 Å². The van der Waals surface area contributed by atoms with E-state index in [4.69, 9.17) is 5.73 Å². The fourth-order valence-electron chi connectivity index (χ4n) is 1.93. The van der Waals surface area contributed by atoms with Crippen molar-refractivity contribution in [3.8, 4) is 0 Å². The summed E-state index contributed by atoms with van der Waals surface area (Å²) in [6.07, 6.45) is 1.23. The first-order valence-corrected chi connectivity index (χ1v) is 6.30. The predicted octanol–water partition coefficient (Wildman–Crippen LogP) is 1.05. The van der Waals surface area contributed by atoms with Crippen molar-refractivity contribution in [2.45, 2.75) is 18.9 Å². The normalized spacial score (nSPS) is 11.8. The maximum absolute atomic E-state index is 11.6. The smallest absolute Gasteiger partial charge is 0.221 e. The van der Waals surface area contributed by atoms with Gasteiger partial charge in [0.15, 0.2) is 0 Å². The molecule has 0 saturated heterocycles. The number of hydrogen-bond acceptors (Lipinski definition) is 3. The Balaban J connectivity index is 0.00000324. The third-order valence-electron chi connectivity index (χ3n) is 2.65. The minimum atomic E-state index is 0. The van der Waals surface area contributed by atoms with Gasteiger partial charge in [-0.25, -0.2) is 0 Å². The first kappa shape index (κ1) is 17.9. The lowest BCUT2D eigenvalue weighted by molar-refractivity contribution is -0.121. The molecule has 1 aromatic rings. The summed E-state index contributed by atoms with van der Waals surface area (Å²) in [4.78, 5) is 13.7. The first-order valence-electron chi connectivity index (χ1n) is 6.30. The van der Waals surface area contributed by atoms with E-state index in [1.165, 1.54) is 5.56 Å². The molecule has 4 nitrogen and oxygen atoms in total. The van der Waals surface area contributed by atoms with Crippen molar-refractivity contribution in [2.75, 3.05) is 27.2 Å². The predicted molar refractivity (Wildman–Crippen MR) is 81.6 cm³/mol. The summed E-state index contributed by atoms with van der Waals surface area (Å²) >= 11 is 0. The molecule has 1 rings (SSSR count). The number of rotatable bonds is 7. The Morgan fingerprint density at radius 2 is 1.95 bits per heavy atom. The molecule has 3 N–H and O–H groups in total. The Labute approximate surface area is 121 Å². The number of nitrogens with one attached hydrogen (secondary N) is 1. The number of nitrogens with zero attached hydrogens (tertiary/aromatic N) is 1. The minimum absolute atomic E-state index is 0. The average molecular weight is 286 g/mol. The van der Waals surface area contributed by atoms with Gasteiger partial charge in [0.1, 0.15) is 0 Å². The zero-order chi connectivity index (χ0) is 13.4. The number of halogens is 1. The van der Waals surface area contributed by atoms with Gasteiger partial charge >= 0.3 is 0 Å². The van der Waals surface area contributed by atoms with Crippen LogP contribution in [0.1, 0.15) is 12.0 Å². The molecule has 1 amide bonds. The van der Waals surface area contributed by atoms with Crippen LogP contribution < -0.4 is 11.1 Å². The van der Waals surface area contributed by atoms with Crippen molar-refractivity contribution in [3.05, 3.63) is 35.9 Å². The van der Waals surface area contributed by atoms with Gasteiger partial charge in [0.05, 0.1) is 0 Å². The van der Waals surface area contributed by atoms with E-state index in [0.717, 1.165) is 13.0 Å². The maximum atomic E-state index is 11.6. The van der Waals surface area contributed by atoms with Gasteiger partial charge in [-0.2, -0.15) is 0 Å². The molecule has 1 aromatic carbocycles. The van der Waals surface area contributed by atoms with Gasteiger partial charge in [0.25, 0.3) is 0 Å². The molecule has 0 spiro atoms. The fourth-order valence-corrected chi connectivity index (χ4v) is 1.93. The van der Waals surface area contributed by atoms with Crippen LogP contribution in [0.3, 0.4) is 0 Å². The van der Waals surface area contributed by atoms with Crippen LogP contribution in [0, 0.1) is 0 Å². The molecule has 0 aliphatic carbocycles. The molecular formula is C14H24ClN3O. The highest BCUT2D eigenvalue weighted by atomic mass is 35.5. The number of hydrogen-bond donors (Lipinski definition) is 2. The highest BCUT2D eigenvalue weighted by Crippen LogP contribution is 2.04. The molecule has 0 radical (unpaired) electrons. The first-order chi connectivity index (χ1) is 8.61. The third kappa shape index (κ3) is 7.82. The topological polar surface area (TPSA) is 58.4 Å². The van der Waals surface area contributed by atoms with E-state index in [1.54, 1.807) is 0 Å². The maximum Gasteiger partial charge on any atom is 0.221 e. The molecule has 1 unspecified atom stereocenters. The van der Waals surface area contributed by atoms with Crippen LogP contribution in [0.4, 0.5) is 0 Å². The third-order valence-corrected chi connectivity index (χ3v) is 2.65. The van der Waals surface area contributed by atoms with Gasteiger partial charge in [0.2, 0.25) is 5.91 Å². The Kier molecular flexibility index (Phi) is 9.21. The molecule has 19 heavy (non-hydrogen) atoms. The van der Waals surface area contributed by atoms with Crippen LogP contribution in [0.5, 0.6) is 0 Å². The summed E-state index contributed by atoms with van der Waals surface area (Å²) in [6, 6.07) is 10.3. The summed E-state index contributed by atoms with van der Waals surface area (Å²) in [5.74, 6) is 0.0280. The molecule has 1 atom stereocenters. The fraction of sp³-hybridized carbons (Fsp3) is 0.500. The second kappa shape index (κ2) is 9.78. The summed E-state index contributed by atoms with van der Waals surface area (Å²) < 4.78 is 0. The second-order valence-corrected chi connectivity index (χ2v) is 4.76. The number of likely N-dealkylation sites (N-methyl/N-ethyl adjacent to an activating group) is 1. The largest absolute Gasteiger partial charge is 0.352 e. The molecule has 0 aromatic heterocycles.